The highest BCUT2D eigenvalue weighted by Gasteiger charge is 2.16. The Morgan fingerprint density at radius 1 is 1.03 bits per heavy atom. The largest absolute Gasteiger partial charge is 0.495 e. The molecule has 0 aliphatic carbocycles. The van der Waals surface area contributed by atoms with Crippen molar-refractivity contribution in [2.24, 2.45) is 0 Å². The number of benzene rings is 2. The third kappa shape index (κ3) is 5.35. The van der Waals surface area contributed by atoms with Crippen LogP contribution in [0.4, 0.5) is 11.4 Å². The maximum Gasteiger partial charge on any atom is 0.224 e. The molecule has 6 heteroatoms. The Hall–Kier alpha value is -2.86. The second kappa shape index (κ2) is 9.56. The lowest BCUT2D eigenvalue weighted by molar-refractivity contribution is -0.116. The minimum Gasteiger partial charge on any atom is -0.495 e. The van der Waals surface area contributed by atoms with Gasteiger partial charge in [0.2, 0.25) is 5.91 Å². The molecule has 3 rings (SSSR count). The SMILES string of the molecule is COc1ccc(N2CCOCC2)cc1NC(=O)CCC(=O)c1ccc(C)c(C)c1. The Balaban J connectivity index is 1.63. The topological polar surface area (TPSA) is 67.9 Å². The van der Waals surface area contributed by atoms with Crippen LogP contribution in [0.5, 0.6) is 5.75 Å². The van der Waals surface area contributed by atoms with Crippen LogP contribution in [0.25, 0.3) is 0 Å². The standard InChI is InChI=1S/C23H28N2O4/c1-16-4-5-18(14-17(16)2)21(26)7-9-23(27)24-20-15-19(6-8-22(20)28-3)25-10-12-29-13-11-25/h4-6,8,14-15H,7,9-13H2,1-3H3,(H,24,27). The molecule has 0 bridgehead atoms. The molecule has 0 atom stereocenters. The molecule has 1 N–H and O–H groups in total. The van der Waals surface area contributed by atoms with Gasteiger partial charge < -0.3 is 19.7 Å². The lowest BCUT2D eigenvalue weighted by Crippen LogP contribution is -2.36. The number of hydrogen-bond donors (Lipinski definition) is 1. The summed E-state index contributed by atoms with van der Waals surface area (Å²) in [6, 6.07) is 11.4. The number of methoxy groups -OCH3 is 1. The van der Waals surface area contributed by atoms with Crippen LogP contribution in [-0.4, -0.2) is 45.1 Å². The van der Waals surface area contributed by atoms with E-state index in [0.717, 1.165) is 29.9 Å². The van der Waals surface area contributed by atoms with Gasteiger partial charge in [0.1, 0.15) is 5.75 Å². The minimum atomic E-state index is -0.209. The Labute approximate surface area is 171 Å². The summed E-state index contributed by atoms with van der Waals surface area (Å²) in [7, 11) is 1.57. The first kappa shape index (κ1) is 20.9. The van der Waals surface area contributed by atoms with Crippen molar-refractivity contribution in [2.75, 3.05) is 43.6 Å². The summed E-state index contributed by atoms with van der Waals surface area (Å²) in [5, 5.41) is 2.89. The summed E-state index contributed by atoms with van der Waals surface area (Å²) < 4.78 is 10.8. The fourth-order valence-corrected chi connectivity index (χ4v) is 3.31. The lowest BCUT2D eigenvalue weighted by atomic mass is 10.0. The van der Waals surface area contributed by atoms with E-state index in [1.54, 1.807) is 7.11 Å². The molecule has 1 saturated heterocycles. The minimum absolute atomic E-state index is 0.0303. The second-order valence-electron chi connectivity index (χ2n) is 7.25. The van der Waals surface area contributed by atoms with Crippen LogP contribution < -0.4 is 15.0 Å². The van der Waals surface area contributed by atoms with E-state index in [1.165, 1.54) is 0 Å². The molecule has 1 aliphatic heterocycles. The zero-order valence-corrected chi connectivity index (χ0v) is 17.3. The number of rotatable bonds is 7. The molecule has 0 unspecified atom stereocenters. The number of carbonyl (C=O) groups is 2. The van der Waals surface area contributed by atoms with Crippen molar-refractivity contribution < 1.29 is 19.1 Å². The van der Waals surface area contributed by atoms with Crippen LogP contribution in [0, 0.1) is 13.8 Å². The quantitative estimate of drug-likeness (QED) is 0.722. The summed E-state index contributed by atoms with van der Waals surface area (Å²) in [5.41, 5.74) is 4.49. The zero-order chi connectivity index (χ0) is 20.8. The van der Waals surface area contributed by atoms with E-state index in [9.17, 15) is 9.59 Å². The van der Waals surface area contributed by atoms with E-state index in [-0.39, 0.29) is 24.5 Å². The van der Waals surface area contributed by atoms with Gasteiger partial charge >= 0.3 is 0 Å². The Morgan fingerprint density at radius 3 is 2.48 bits per heavy atom. The molecule has 6 nitrogen and oxygen atoms in total. The number of aryl methyl sites for hydroxylation is 2. The van der Waals surface area contributed by atoms with Gasteiger partial charge in [0.25, 0.3) is 0 Å². The molecule has 0 aromatic heterocycles. The fourth-order valence-electron chi connectivity index (χ4n) is 3.31. The molecular formula is C23H28N2O4. The maximum atomic E-state index is 12.5. The number of Topliss-reactive ketones (excluding diaryl/α,β-unsaturated/α-hetero) is 1. The van der Waals surface area contributed by atoms with Gasteiger partial charge in [-0.15, -0.1) is 0 Å². The second-order valence-corrected chi connectivity index (χ2v) is 7.25. The van der Waals surface area contributed by atoms with Gasteiger partial charge in [-0.25, -0.2) is 0 Å². The van der Waals surface area contributed by atoms with Crippen molar-refractivity contribution in [1.82, 2.24) is 0 Å². The number of ether oxygens (including phenoxy) is 2. The highest BCUT2D eigenvalue weighted by Crippen LogP contribution is 2.30. The number of carbonyl (C=O) groups excluding carboxylic acids is 2. The van der Waals surface area contributed by atoms with Crippen LogP contribution in [-0.2, 0) is 9.53 Å². The molecule has 2 aromatic rings. The smallest absolute Gasteiger partial charge is 0.224 e. The summed E-state index contributed by atoms with van der Waals surface area (Å²) >= 11 is 0. The predicted octanol–water partition coefficient (Wildman–Crippen LogP) is 3.75. The van der Waals surface area contributed by atoms with Gasteiger partial charge in [-0.1, -0.05) is 12.1 Å². The van der Waals surface area contributed by atoms with Gasteiger partial charge in [0.15, 0.2) is 5.78 Å². The van der Waals surface area contributed by atoms with E-state index in [2.05, 4.69) is 10.2 Å². The van der Waals surface area contributed by atoms with Gasteiger partial charge in [-0.05, 0) is 49.2 Å². The first-order valence-corrected chi connectivity index (χ1v) is 9.89. The van der Waals surface area contributed by atoms with Gasteiger partial charge in [0, 0.05) is 37.2 Å². The van der Waals surface area contributed by atoms with Gasteiger partial charge in [-0.3, -0.25) is 9.59 Å². The number of morpholine rings is 1. The van der Waals surface area contributed by atoms with E-state index in [4.69, 9.17) is 9.47 Å². The summed E-state index contributed by atoms with van der Waals surface area (Å²) in [6.45, 7) is 6.99. The molecule has 154 valence electrons. The number of anilines is 2. The first-order valence-electron chi connectivity index (χ1n) is 9.89. The number of hydrogen-bond acceptors (Lipinski definition) is 5. The number of nitrogens with zero attached hydrogens (tertiary/aromatic N) is 1. The van der Waals surface area contributed by atoms with Crippen molar-refractivity contribution >= 4 is 23.1 Å². The van der Waals surface area contributed by atoms with Crippen molar-refractivity contribution in [3.05, 3.63) is 53.1 Å². The molecule has 2 aromatic carbocycles. The summed E-state index contributed by atoms with van der Waals surface area (Å²) in [4.78, 5) is 27.1. The van der Waals surface area contributed by atoms with Crippen LogP contribution in [0.1, 0.15) is 34.3 Å². The van der Waals surface area contributed by atoms with E-state index in [1.807, 2.05) is 50.2 Å². The predicted molar refractivity (Wildman–Crippen MR) is 114 cm³/mol. The zero-order valence-electron chi connectivity index (χ0n) is 17.3. The number of nitrogens with one attached hydrogen (secondary N) is 1. The Bertz CT molecular complexity index is 888. The van der Waals surface area contributed by atoms with Gasteiger partial charge in [-0.2, -0.15) is 0 Å². The van der Waals surface area contributed by atoms with Crippen LogP contribution in [0.15, 0.2) is 36.4 Å². The van der Waals surface area contributed by atoms with Crippen molar-refractivity contribution in [3.8, 4) is 5.75 Å². The van der Waals surface area contributed by atoms with Crippen molar-refractivity contribution in [3.63, 3.8) is 0 Å². The molecular weight excluding hydrogens is 368 g/mol. The van der Waals surface area contributed by atoms with Crippen molar-refractivity contribution in [1.29, 1.82) is 0 Å². The number of amides is 1. The molecule has 0 radical (unpaired) electrons. The average molecular weight is 396 g/mol. The molecule has 0 spiro atoms. The maximum absolute atomic E-state index is 12.5. The highest BCUT2D eigenvalue weighted by molar-refractivity contribution is 6.00. The Kier molecular flexibility index (Phi) is 6.88. The molecule has 1 amide bonds. The average Bonchev–Trinajstić information content (AvgIpc) is 2.74. The van der Waals surface area contributed by atoms with E-state index >= 15 is 0 Å². The van der Waals surface area contributed by atoms with Crippen molar-refractivity contribution in [2.45, 2.75) is 26.7 Å². The molecule has 1 aliphatic rings. The summed E-state index contributed by atoms with van der Waals surface area (Å²) in [5.74, 6) is 0.354. The summed E-state index contributed by atoms with van der Waals surface area (Å²) in [6.07, 6.45) is 0.288. The molecule has 1 fully saturated rings. The molecule has 1 heterocycles. The Morgan fingerprint density at radius 2 is 1.79 bits per heavy atom. The third-order valence-electron chi connectivity index (χ3n) is 5.24. The van der Waals surface area contributed by atoms with Crippen LogP contribution >= 0.6 is 0 Å². The van der Waals surface area contributed by atoms with Crippen LogP contribution in [0.3, 0.4) is 0 Å². The highest BCUT2D eigenvalue weighted by atomic mass is 16.5. The third-order valence-corrected chi connectivity index (χ3v) is 5.24. The first-order chi connectivity index (χ1) is 14.0. The molecule has 29 heavy (non-hydrogen) atoms. The van der Waals surface area contributed by atoms with Gasteiger partial charge in [0.05, 0.1) is 26.0 Å². The van der Waals surface area contributed by atoms with E-state index in [0.29, 0.717) is 30.2 Å². The van der Waals surface area contributed by atoms with Crippen LogP contribution in [0.2, 0.25) is 0 Å². The monoisotopic (exact) mass is 396 g/mol. The number of ketones is 1. The van der Waals surface area contributed by atoms with E-state index < -0.39 is 0 Å². The molecule has 0 saturated carbocycles. The fraction of sp³-hybridized carbons (Fsp3) is 0.391. The lowest BCUT2D eigenvalue weighted by Gasteiger charge is -2.29. The normalized spacial score (nSPS) is 13.8.